The van der Waals surface area contributed by atoms with E-state index in [-0.39, 0.29) is 31.9 Å². The number of nitrogens with zero attached hydrogens (tertiary/aromatic N) is 4. The first kappa shape index (κ1) is 35.2. The quantitative estimate of drug-likeness (QED) is 0.123. The molecule has 0 atom stereocenters. The fraction of sp³-hybridized carbons (Fsp3) is 0.174. The van der Waals surface area contributed by atoms with Crippen molar-refractivity contribution < 1.29 is 30.4 Å². The summed E-state index contributed by atoms with van der Waals surface area (Å²) in [6.45, 7) is 13.4. The molecule has 8 aromatic rings. The second kappa shape index (κ2) is 13.7. The van der Waals surface area contributed by atoms with Crippen molar-refractivity contribution in [1.29, 1.82) is 0 Å². The molecule has 0 amide bonds. The van der Waals surface area contributed by atoms with Gasteiger partial charge in [0.2, 0.25) is 0 Å². The van der Waals surface area contributed by atoms with Crippen LogP contribution in [0.3, 0.4) is 0 Å². The van der Waals surface area contributed by atoms with Crippen LogP contribution in [-0.2, 0) is 31.9 Å². The third-order valence-corrected chi connectivity index (χ3v) is 9.38. The van der Waals surface area contributed by atoms with Crippen LogP contribution in [-0.4, -0.2) is 14.1 Å². The molecule has 0 aliphatic heterocycles. The second-order valence-corrected chi connectivity index (χ2v) is 15.1. The molecule has 6 heteroatoms. The van der Waals surface area contributed by atoms with Crippen LogP contribution in [0.4, 0.5) is 0 Å². The van der Waals surface area contributed by atoms with Crippen LogP contribution in [0.1, 0.15) is 52.7 Å². The van der Waals surface area contributed by atoms with E-state index in [9.17, 15) is 0 Å². The Hall–Kier alpha value is -5.25. The Bertz CT molecular complexity index is 2530. The van der Waals surface area contributed by atoms with Gasteiger partial charge in [-0.25, -0.2) is 4.98 Å². The predicted molar refractivity (Wildman–Crippen MR) is 205 cm³/mol. The van der Waals surface area contributed by atoms with Gasteiger partial charge in [0.05, 0.1) is 5.69 Å². The first-order chi connectivity index (χ1) is 24.5. The molecular formula is C46H40N4OPt-2. The van der Waals surface area contributed by atoms with Crippen LogP contribution in [0, 0.1) is 18.5 Å². The largest absolute Gasteiger partial charge is 0.510 e. The predicted octanol–water partition coefficient (Wildman–Crippen LogP) is 10.7. The number of imidazole rings is 1. The SMILES string of the molecule is CC(C)(C)c1cccc(-[n+]2[c-]n(-c3[c-]c(Oc4[c-]c5c(cc4)c4ccccc4n5-c4cc(C(C)(C)C)ccn4)cc(-c4ccccc4)c3)cc2)c1.[Pt]. The zero-order chi connectivity index (χ0) is 35.3. The molecule has 3 aromatic heterocycles. The number of rotatable bonds is 6. The van der Waals surface area contributed by atoms with Gasteiger partial charge < -0.3 is 13.9 Å². The average Bonchev–Trinajstić information content (AvgIpc) is 3.75. The molecule has 8 rings (SSSR count). The summed E-state index contributed by atoms with van der Waals surface area (Å²) < 4.78 is 12.8. The summed E-state index contributed by atoms with van der Waals surface area (Å²) in [5.74, 6) is 2.03. The summed E-state index contributed by atoms with van der Waals surface area (Å²) >= 11 is 0. The zero-order valence-electron chi connectivity index (χ0n) is 30.2. The molecule has 3 heterocycles. The fourth-order valence-electron chi connectivity index (χ4n) is 6.52. The Morgan fingerprint density at radius 1 is 0.654 bits per heavy atom. The summed E-state index contributed by atoms with van der Waals surface area (Å²) in [4.78, 5) is 4.83. The van der Waals surface area contributed by atoms with Gasteiger partial charge in [0.1, 0.15) is 5.82 Å². The van der Waals surface area contributed by atoms with E-state index in [1.54, 1.807) is 0 Å². The minimum absolute atomic E-state index is 0. The maximum Gasteiger partial charge on any atom is 0.267 e. The van der Waals surface area contributed by atoms with E-state index < -0.39 is 0 Å². The number of hydrogen-bond acceptors (Lipinski definition) is 2. The summed E-state index contributed by atoms with van der Waals surface area (Å²) in [5.41, 5.74) is 8.47. The Morgan fingerprint density at radius 3 is 2.19 bits per heavy atom. The van der Waals surface area contributed by atoms with E-state index >= 15 is 0 Å². The molecule has 5 nitrogen and oxygen atoms in total. The number of aromatic nitrogens is 4. The molecule has 0 saturated carbocycles. The van der Waals surface area contributed by atoms with E-state index in [2.05, 4.69) is 149 Å². The van der Waals surface area contributed by atoms with Gasteiger partial charge in [0.25, 0.3) is 6.33 Å². The van der Waals surface area contributed by atoms with Crippen molar-refractivity contribution in [2.24, 2.45) is 0 Å². The molecule has 0 saturated heterocycles. The maximum absolute atomic E-state index is 6.64. The van der Waals surface area contributed by atoms with Gasteiger partial charge in [-0.2, -0.15) is 12.1 Å². The summed E-state index contributed by atoms with van der Waals surface area (Å²) in [6.07, 6.45) is 9.42. The Morgan fingerprint density at radius 2 is 1.40 bits per heavy atom. The standard InChI is InChI=1S/C46H40N4O.Pt/c1-45(2,3)34-15-12-16-36(27-34)48-23-24-49(31-48)37-25-33(32-13-8-7-9-14-32)26-39(29-37)51-38-19-20-41-40-17-10-11-18-42(40)50(43(41)30-38)44-28-35(21-22-47-44)46(4,5)6;/h7-28H,1-6H3;/q-2;. The zero-order valence-corrected chi connectivity index (χ0v) is 32.5. The third-order valence-electron chi connectivity index (χ3n) is 9.38. The maximum atomic E-state index is 6.64. The number of fused-ring (bicyclic) bond motifs is 3. The van der Waals surface area contributed by atoms with Gasteiger partial charge in [-0.05, 0) is 68.9 Å². The van der Waals surface area contributed by atoms with Gasteiger partial charge in [-0.15, -0.1) is 35.2 Å². The summed E-state index contributed by atoms with van der Waals surface area (Å²) in [7, 11) is 0. The van der Waals surface area contributed by atoms with Crippen LogP contribution in [0.2, 0.25) is 0 Å². The average molecular weight is 860 g/mol. The van der Waals surface area contributed by atoms with Crippen molar-refractivity contribution in [2.75, 3.05) is 0 Å². The number of ether oxygens (including phenoxy) is 1. The molecule has 0 N–H and O–H groups in total. The van der Waals surface area contributed by atoms with Crippen molar-refractivity contribution >= 4 is 21.8 Å². The van der Waals surface area contributed by atoms with Gasteiger partial charge >= 0.3 is 0 Å². The monoisotopic (exact) mass is 859 g/mol. The first-order valence-corrected chi connectivity index (χ1v) is 17.4. The topological polar surface area (TPSA) is 35.9 Å². The number of para-hydroxylation sites is 1. The molecule has 262 valence electrons. The number of pyridine rings is 1. The minimum atomic E-state index is -0.0152. The van der Waals surface area contributed by atoms with Gasteiger partial charge in [0, 0.05) is 56.7 Å². The van der Waals surface area contributed by atoms with Crippen LogP contribution < -0.4 is 9.30 Å². The minimum Gasteiger partial charge on any atom is -0.510 e. The summed E-state index contributed by atoms with van der Waals surface area (Å²) in [6, 6.07) is 47.0. The van der Waals surface area contributed by atoms with E-state index in [1.165, 1.54) is 11.1 Å². The number of benzene rings is 5. The smallest absolute Gasteiger partial charge is 0.267 e. The van der Waals surface area contributed by atoms with Gasteiger partial charge in [-0.1, -0.05) is 108 Å². The van der Waals surface area contributed by atoms with E-state index in [4.69, 9.17) is 9.72 Å². The van der Waals surface area contributed by atoms with Crippen LogP contribution in [0.25, 0.3) is 50.1 Å². The molecule has 0 aliphatic rings. The van der Waals surface area contributed by atoms with Crippen molar-refractivity contribution in [3.05, 3.63) is 163 Å². The molecule has 0 aliphatic carbocycles. The fourth-order valence-corrected chi connectivity index (χ4v) is 6.52. The van der Waals surface area contributed by atoms with E-state index in [0.29, 0.717) is 11.5 Å². The molecule has 0 bridgehead atoms. The van der Waals surface area contributed by atoms with Crippen LogP contribution in [0.15, 0.2) is 134 Å². The van der Waals surface area contributed by atoms with E-state index in [0.717, 1.165) is 50.1 Å². The third kappa shape index (κ3) is 6.86. The van der Waals surface area contributed by atoms with Crippen molar-refractivity contribution in [2.45, 2.75) is 52.4 Å². The molecule has 0 spiro atoms. The Labute approximate surface area is 320 Å². The molecule has 5 aromatic carbocycles. The second-order valence-electron chi connectivity index (χ2n) is 15.1. The Kier molecular flexibility index (Phi) is 9.27. The van der Waals surface area contributed by atoms with Gasteiger partial charge in [0.15, 0.2) is 0 Å². The number of hydrogen-bond donors (Lipinski definition) is 0. The summed E-state index contributed by atoms with van der Waals surface area (Å²) in [5, 5.41) is 2.23. The van der Waals surface area contributed by atoms with Crippen molar-refractivity contribution in [3.63, 3.8) is 0 Å². The normalized spacial score (nSPS) is 11.9. The molecule has 52 heavy (non-hydrogen) atoms. The first-order valence-electron chi connectivity index (χ1n) is 17.4. The molecule has 0 unspecified atom stereocenters. The van der Waals surface area contributed by atoms with E-state index in [1.807, 2.05) is 58.1 Å². The van der Waals surface area contributed by atoms with Crippen molar-refractivity contribution in [1.82, 2.24) is 14.1 Å². The van der Waals surface area contributed by atoms with Crippen LogP contribution >= 0.6 is 0 Å². The molecular weight excluding hydrogens is 820 g/mol. The molecule has 0 radical (unpaired) electrons. The van der Waals surface area contributed by atoms with Crippen molar-refractivity contribution in [3.8, 4) is 39.8 Å². The van der Waals surface area contributed by atoms with Crippen LogP contribution in [0.5, 0.6) is 11.5 Å². The molecule has 0 fully saturated rings. The Balaban J connectivity index is 0.00000420. The van der Waals surface area contributed by atoms with Gasteiger partial charge in [-0.3, -0.25) is 4.57 Å².